The van der Waals surface area contributed by atoms with Gasteiger partial charge in [-0.05, 0) is 31.9 Å². The molecule has 0 aromatic heterocycles. The number of carbonyl (C=O) groups is 4. The molecule has 2 aromatic rings. The number of amides is 3. The van der Waals surface area contributed by atoms with Gasteiger partial charge >= 0.3 is 0 Å². The van der Waals surface area contributed by atoms with E-state index in [0.29, 0.717) is 18.4 Å². The Morgan fingerprint density at radius 3 is 2.06 bits per heavy atom. The summed E-state index contributed by atoms with van der Waals surface area (Å²) in [6, 6.07) is 13.9. The molecule has 2 fully saturated rings. The normalized spacial score (nSPS) is 21.5. The van der Waals surface area contributed by atoms with Crippen LogP contribution in [0, 0.1) is 11.8 Å². The third kappa shape index (κ3) is 3.76. The summed E-state index contributed by atoms with van der Waals surface area (Å²) in [4.78, 5) is 53.3. The van der Waals surface area contributed by atoms with E-state index in [1.54, 1.807) is 48.5 Å². The number of carbonyl (C=O) groups excluding carboxylic acids is 4. The van der Waals surface area contributed by atoms with Crippen molar-refractivity contribution in [3.05, 3.63) is 70.7 Å². The topological polar surface area (TPSA) is 74.8 Å². The first kappa shape index (κ1) is 21.2. The molecular weight excluding hydrogens is 416 g/mol. The van der Waals surface area contributed by atoms with Crippen molar-refractivity contribution in [1.82, 2.24) is 10.0 Å². The van der Waals surface area contributed by atoms with Gasteiger partial charge in [-0.15, -0.1) is 0 Å². The van der Waals surface area contributed by atoms with Crippen molar-refractivity contribution in [2.75, 3.05) is 0 Å². The molecule has 3 atom stereocenters. The molecule has 1 saturated carbocycles. The summed E-state index contributed by atoms with van der Waals surface area (Å²) < 4.78 is 0. The Labute approximate surface area is 185 Å². The van der Waals surface area contributed by atoms with Crippen molar-refractivity contribution in [3.63, 3.8) is 0 Å². The molecule has 1 saturated heterocycles. The molecule has 1 aliphatic carbocycles. The van der Waals surface area contributed by atoms with Crippen LogP contribution < -0.4 is 0 Å². The van der Waals surface area contributed by atoms with Crippen molar-refractivity contribution in [1.29, 1.82) is 0 Å². The van der Waals surface area contributed by atoms with Crippen LogP contribution in [0.5, 0.6) is 0 Å². The van der Waals surface area contributed by atoms with Gasteiger partial charge < -0.3 is 0 Å². The zero-order chi connectivity index (χ0) is 22.1. The number of ketones is 1. The maximum atomic E-state index is 13.6. The van der Waals surface area contributed by atoms with Gasteiger partial charge in [-0.25, -0.2) is 5.01 Å². The molecule has 3 amide bonds. The second kappa shape index (κ2) is 8.63. The smallest absolute Gasteiger partial charge is 0.275 e. The molecule has 0 radical (unpaired) electrons. The SMILES string of the molecule is C[C@H](C(=O)c1ccccc1)N(C(=O)c1ccccc1Cl)N1C(=O)[C@H]2CCCC[C@H]2C1=O. The Kier molecular flexibility index (Phi) is 5.92. The number of hydrogen-bond donors (Lipinski definition) is 0. The highest BCUT2D eigenvalue weighted by Crippen LogP contribution is 2.39. The second-order valence-electron chi connectivity index (χ2n) is 8.02. The fourth-order valence-electron chi connectivity index (χ4n) is 4.51. The molecule has 1 heterocycles. The molecule has 160 valence electrons. The minimum atomic E-state index is -1.07. The Morgan fingerprint density at radius 1 is 0.935 bits per heavy atom. The van der Waals surface area contributed by atoms with Crippen molar-refractivity contribution in [3.8, 4) is 0 Å². The first-order chi connectivity index (χ1) is 14.9. The number of benzene rings is 2. The van der Waals surface area contributed by atoms with E-state index in [1.165, 1.54) is 13.0 Å². The highest BCUT2D eigenvalue weighted by molar-refractivity contribution is 6.34. The lowest BCUT2D eigenvalue weighted by molar-refractivity contribution is -0.156. The van der Waals surface area contributed by atoms with Gasteiger partial charge in [-0.3, -0.25) is 19.2 Å². The number of hydrogen-bond acceptors (Lipinski definition) is 4. The first-order valence-electron chi connectivity index (χ1n) is 10.5. The Hall–Kier alpha value is -2.99. The van der Waals surface area contributed by atoms with Crippen LogP contribution in [0.25, 0.3) is 0 Å². The summed E-state index contributed by atoms with van der Waals surface area (Å²) in [5.41, 5.74) is 0.524. The molecule has 0 spiro atoms. The van der Waals surface area contributed by atoms with E-state index in [2.05, 4.69) is 0 Å². The highest BCUT2D eigenvalue weighted by atomic mass is 35.5. The summed E-state index contributed by atoms with van der Waals surface area (Å²) in [5, 5.41) is 2.12. The average Bonchev–Trinajstić information content (AvgIpc) is 3.05. The molecule has 2 aromatic carbocycles. The van der Waals surface area contributed by atoms with Crippen molar-refractivity contribution < 1.29 is 19.2 Å². The van der Waals surface area contributed by atoms with Gasteiger partial charge in [-0.1, -0.05) is 66.9 Å². The molecular formula is C24H23ClN2O4. The molecule has 7 heteroatoms. The maximum absolute atomic E-state index is 13.6. The van der Waals surface area contributed by atoms with E-state index < -0.39 is 35.6 Å². The van der Waals surface area contributed by atoms with Crippen LogP contribution in [0.2, 0.25) is 5.02 Å². The zero-order valence-corrected chi connectivity index (χ0v) is 17.9. The largest absolute Gasteiger partial charge is 0.292 e. The molecule has 4 rings (SSSR count). The van der Waals surface area contributed by atoms with Crippen molar-refractivity contribution in [2.24, 2.45) is 11.8 Å². The molecule has 0 bridgehead atoms. The van der Waals surface area contributed by atoms with Gasteiger partial charge in [0, 0.05) is 5.56 Å². The molecule has 2 aliphatic rings. The van der Waals surface area contributed by atoms with Crippen LogP contribution in [0.4, 0.5) is 0 Å². The van der Waals surface area contributed by atoms with Gasteiger partial charge in [-0.2, -0.15) is 5.01 Å². The second-order valence-corrected chi connectivity index (χ2v) is 8.43. The lowest BCUT2D eigenvalue weighted by atomic mass is 9.81. The summed E-state index contributed by atoms with van der Waals surface area (Å²) in [5.74, 6) is -2.73. The number of nitrogens with zero attached hydrogens (tertiary/aromatic N) is 2. The first-order valence-corrected chi connectivity index (χ1v) is 10.8. The monoisotopic (exact) mass is 438 g/mol. The molecule has 0 N–H and O–H groups in total. The van der Waals surface area contributed by atoms with Crippen LogP contribution in [0.15, 0.2) is 54.6 Å². The fraction of sp³-hybridized carbons (Fsp3) is 0.333. The fourth-order valence-corrected chi connectivity index (χ4v) is 4.73. The third-order valence-corrected chi connectivity index (χ3v) is 6.48. The average molecular weight is 439 g/mol. The number of hydrazine groups is 1. The van der Waals surface area contributed by atoms with Crippen LogP contribution in [0.3, 0.4) is 0 Å². The number of fused-ring (bicyclic) bond motifs is 1. The van der Waals surface area contributed by atoms with E-state index in [0.717, 1.165) is 22.9 Å². The van der Waals surface area contributed by atoms with Crippen molar-refractivity contribution in [2.45, 2.75) is 38.6 Å². The van der Waals surface area contributed by atoms with Gasteiger partial charge in [0.2, 0.25) is 0 Å². The van der Waals surface area contributed by atoms with Crippen LogP contribution >= 0.6 is 11.6 Å². The number of halogens is 1. The van der Waals surface area contributed by atoms with Gasteiger partial charge in [0.05, 0.1) is 22.4 Å². The van der Waals surface area contributed by atoms with Gasteiger partial charge in [0.25, 0.3) is 17.7 Å². The number of imide groups is 1. The van der Waals surface area contributed by atoms with Gasteiger partial charge in [0.1, 0.15) is 6.04 Å². The van der Waals surface area contributed by atoms with E-state index in [9.17, 15) is 19.2 Å². The van der Waals surface area contributed by atoms with E-state index >= 15 is 0 Å². The summed E-state index contributed by atoms with van der Waals surface area (Å²) in [6.45, 7) is 1.53. The molecule has 0 unspecified atom stereocenters. The highest BCUT2D eigenvalue weighted by Gasteiger charge is 2.53. The predicted octanol–water partition coefficient (Wildman–Crippen LogP) is 4.14. The molecule has 1 aliphatic heterocycles. The standard InChI is InChI=1S/C24H23ClN2O4/c1-15(21(28)16-9-3-2-4-10-16)26(24(31)19-13-7-8-14-20(19)25)27-22(29)17-11-5-6-12-18(17)23(27)30/h2-4,7-10,13-15,17-18H,5-6,11-12H2,1H3/t15-,17-,18+/m1/s1. The third-order valence-electron chi connectivity index (χ3n) is 6.15. The van der Waals surface area contributed by atoms with Gasteiger partial charge in [0.15, 0.2) is 5.78 Å². The maximum Gasteiger partial charge on any atom is 0.275 e. The minimum absolute atomic E-state index is 0.132. The summed E-state index contributed by atoms with van der Waals surface area (Å²) in [6.07, 6.45) is 2.96. The predicted molar refractivity (Wildman–Crippen MR) is 115 cm³/mol. The van der Waals surface area contributed by atoms with Crippen LogP contribution in [-0.2, 0) is 9.59 Å². The number of Topliss-reactive ketones (excluding diaryl/α,β-unsaturated/α-hetero) is 1. The Morgan fingerprint density at radius 2 is 1.48 bits per heavy atom. The molecule has 31 heavy (non-hydrogen) atoms. The minimum Gasteiger partial charge on any atom is -0.292 e. The van der Waals surface area contributed by atoms with Crippen LogP contribution in [-0.4, -0.2) is 39.6 Å². The Bertz CT molecular complexity index is 1010. The summed E-state index contributed by atoms with van der Waals surface area (Å²) >= 11 is 6.25. The lowest BCUT2D eigenvalue weighted by Gasteiger charge is -2.35. The molecule has 6 nitrogen and oxygen atoms in total. The Balaban J connectivity index is 1.77. The quantitative estimate of drug-likeness (QED) is 0.519. The summed E-state index contributed by atoms with van der Waals surface area (Å²) in [7, 11) is 0. The van der Waals surface area contributed by atoms with E-state index in [-0.39, 0.29) is 16.4 Å². The van der Waals surface area contributed by atoms with Crippen LogP contribution in [0.1, 0.15) is 53.3 Å². The van der Waals surface area contributed by atoms with E-state index in [4.69, 9.17) is 11.6 Å². The zero-order valence-electron chi connectivity index (χ0n) is 17.2. The lowest BCUT2D eigenvalue weighted by Crippen LogP contribution is -2.56. The van der Waals surface area contributed by atoms with E-state index in [1.807, 2.05) is 0 Å². The van der Waals surface area contributed by atoms with Crippen molar-refractivity contribution >= 4 is 35.1 Å². The number of rotatable bonds is 5.